The molecule has 116 valence electrons. The number of aryl methyl sites for hydroxylation is 1. The first-order valence-electron chi connectivity index (χ1n) is 7.19. The molecule has 0 radical (unpaired) electrons. The van der Waals surface area contributed by atoms with Crippen molar-refractivity contribution in [1.82, 2.24) is 4.31 Å². The molecule has 1 fully saturated rings. The Balaban J connectivity index is 2.29. The smallest absolute Gasteiger partial charge is 0.243 e. The molecule has 21 heavy (non-hydrogen) atoms. The van der Waals surface area contributed by atoms with Crippen molar-refractivity contribution >= 4 is 27.2 Å². The number of hydrogen-bond acceptors (Lipinski definition) is 3. The quantitative estimate of drug-likeness (QED) is 0.844. The standard InChI is InChI=1S/C15H22N2O2S2/c1-11-7-8-13(15(16)20)9-14(11)21(18,19)17(2)10-12-5-3-4-6-12/h7-9,12H,3-6,10H2,1-2H3,(H2,16,20). The molecular weight excluding hydrogens is 304 g/mol. The number of rotatable bonds is 5. The zero-order valence-corrected chi connectivity index (χ0v) is 14.1. The fraction of sp³-hybridized carbons (Fsp3) is 0.533. The van der Waals surface area contributed by atoms with Crippen LogP contribution in [0.4, 0.5) is 0 Å². The lowest BCUT2D eigenvalue weighted by molar-refractivity contribution is 0.387. The maximum atomic E-state index is 12.8. The van der Waals surface area contributed by atoms with Crippen LogP contribution >= 0.6 is 12.2 Å². The SMILES string of the molecule is Cc1ccc(C(N)=S)cc1S(=O)(=O)N(C)CC1CCCC1. The van der Waals surface area contributed by atoms with Gasteiger partial charge in [-0.25, -0.2) is 12.7 Å². The first-order valence-corrected chi connectivity index (χ1v) is 9.04. The molecule has 1 aromatic carbocycles. The van der Waals surface area contributed by atoms with Gasteiger partial charge in [-0.2, -0.15) is 0 Å². The summed E-state index contributed by atoms with van der Waals surface area (Å²) in [5, 5.41) is 0. The topological polar surface area (TPSA) is 63.4 Å². The van der Waals surface area contributed by atoms with Crippen LogP contribution in [0.1, 0.15) is 36.8 Å². The highest BCUT2D eigenvalue weighted by Crippen LogP contribution is 2.28. The van der Waals surface area contributed by atoms with Crippen molar-refractivity contribution in [2.75, 3.05) is 13.6 Å². The summed E-state index contributed by atoms with van der Waals surface area (Å²) in [5.74, 6) is 0.476. The Morgan fingerprint density at radius 3 is 2.57 bits per heavy atom. The van der Waals surface area contributed by atoms with Crippen molar-refractivity contribution in [3.8, 4) is 0 Å². The maximum absolute atomic E-state index is 12.8. The van der Waals surface area contributed by atoms with E-state index in [1.807, 2.05) is 0 Å². The van der Waals surface area contributed by atoms with Gasteiger partial charge in [-0.05, 0) is 37.3 Å². The largest absolute Gasteiger partial charge is 0.389 e. The molecule has 1 aromatic rings. The highest BCUT2D eigenvalue weighted by Gasteiger charge is 2.27. The van der Waals surface area contributed by atoms with Gasteiger partial charge >= 0.3 is 0 Å². The van der Waals surface area contributed by atoms with Crippen LogP contribution in [-0.2, 0) is 10.0 Å². The second-order valence-electron chi connectivity index (χ2n) is 5.78. The summed E-state index contributed by atoms with van der Waals surface area (Å²) in [5.41, 5.74) is 6.91. The predicted octanol–water partition coefficient (Wildman–Crippen LogP) is 2.44. The van der Waals surface area contributed by atoms with Crippen molar-refractivity contribution in [1.29, 1.82) is 0 Å². The third kappa shape index (κ3) is 3.62. The molecular formula is C15H22N2O2S2. The second-order valence-corrected chi connectivity index (χ2v) is 8.23. The Labute approximate surface area is 132 Å². The number of hydrogen-bond donors (Lipinski definition) is 1. The van der Waals surface area contributed by atoms with Crippen LogP contribution in [-0.4, -0.2) is 31.3 Å². The molecule has 0 unspecified atom stereocenters. The van der Waals surface area contributed by atoms with Gasteiger partial charge in [-0.15, -0.1) is 0 Å². The zero-order chi connectivity index (χ0) is 15.6. The van der Waals surface area contributed by atoms with Crippen molar-refractivity contribution in [3.05, 3.63) is 29.3 Å². The van der Waals surface area contributed by atoms with E-state index in [4.69, 9.17) is 18.0 Å². The number of nitrogens with two attached hydrogens (primary N) is 1. The van der Waals surface area contributed by atoms with Gasteiger partial charge in [0, 0.05) is 19.2 Å². The van der Waals surface area contributed by atoms with Crippen molar-refractivity contribution < 1.29 is 8.42 Å². The van der Waals surface area contributed by atoms with Crippen LogP contribution in [0.2, 0.25) is 0 Å². The minimum absolute atomic E-state index is 0.213. The Kier molecular flexibility index (Phi) is 5.01. The molecule has 0 aromatic heterocycles. The van der Waals surface area contributed by atoms with E-state index in [0.29, 0.717) is 28.5 Å². The van der Waals surface area contributed by atoms with Crippen LogP contribution in [0, 0.1) is 12.8 Å². The molecule has 6 heteroatoms. The van der Waals surface area contributed by atoms with Gasteiger partial charge in [0.05, 0.1) is 4.90 Å². The summed E-state index contributed by atoms with van der Waals surface area (Å²) in [6, 6.07) is 5.09. The van der Waals surface area contributed by atoms with Gasteiger partial charge in [0.1, 0.15) is 4.99 Å². The summed E-state index contributed by atoms with van der Waals surface area (Å²) < 4.78 is 27.0. The minimum Gasteiger partial charge on any atom is -0.389 e. The minimum atomic E-state index is -3.49. The average molecular weight is 326 g/mol. The van der Waals surface area contributed by atoms with Gasteiger partial charge in [0.15, 0.2) is 0 Å². The molecule has 0 aliphatic heterocycles. The van der Waals surface area contributed by atoms with Crippen LogP contribution < -0.4 is 5.73 Å². The lowest BCUT2D eigenvalue weighted by atomic mass is 10.1. The third-order valence-corrected chi connectivity index (χ3v) is 6.35. The fourth-order valence-electron chi connectivity index (χ4n) is 2.85. The van der Waals surface area contributed by atoms with E-state index in [-0.39, 0.29) is 4.99 Å². The Morgan fingerprint density at radius 1 is 1.38 bits per heavy atom. The Hall–Kier alpha value is -0.980. The summed E-state index contributed by atoms with van der Waals surface area (Å²) in [6.45, 7) is 2.37. The van der Waals surface area contributed by atoms with Crippen LogP contribution in [0.25, 0.3) is 0 Å². The summed E-state index contributed by atoms with van der Waals surface area (Å²) in [7, 11) is -1.84. The van der Waals surface area contributed by atoms with Crippen molar-refractivity contribution in [2.24, 2.45) is 11.7 Å². The van der Waals surface area contributed by atoms with Gasteiger partial charge in [-0.1, -0.05) is 37.2 Å². The van der Waals surface area contributed by atoms with E-state index >= 15 is 0 Å². The van der Waals surface area contributed by atoms with E-state index in [1.165, 1.54) is 17.1 Å². The summed E-state index contributed by atoms with van der Waals surface area (Å²) >= 11 is 4.94. The predicted molar refractivity (Wildman–Crippen MR) is 88.8 cm³/mol. The second kappa shape index (κ2) is 6.42. The van der Waals surface area contributed by atoms with Crippen LogP contribution in [0.15, 0.2) is 23.1 Å². The Bertz CT molecular complexity index is 635. The number of thiocarbonyl (C=S) groups is 1. The molecule has 0 saturated heterocycles. The highest BCUT2D eigenvalue weighted by atomic mass is 32.2. The normalized spacial score (nSPS) is 16.5. The highest BCUT2D eigenvalue weighted by molar-refractivity contribution is 7.89. The molecule has 0 bridgehead atoms. The summed E-state index contributed by atoms with van der Waals surface area (Å²) in [4.78, 5) is 0.512. The van der Waals surface area contributed by atoms with E-state index < -0.39 is 10.0 Å². The molecule has 0 amide bonds. The fourth-order valence-corrected chi connectivity index (χ4v) is 4.47. The molecule has 1 aliphatic carbocycles. The summed E-state index contributed by atoms with van der Waals surface area (Å²) in [6.07, 6.45) is 4.64. The lowest BCUT2D eigenvalue weighted by Gasteiger charge is -2.22. The van der Waals surface area contributed by atoms with Crippen LogP contribution in [0.3, 0.4) is 0 Å². The molecule has 0 heterocycles. The number of sulfonamides is 1. The van der Waals surface area contributed by atoms with Gasteiger partial charge in [-0.3, -0.25) is 0 Å². The molecule has 1 saturated carbocycles. The third-order valence-electron chi connectivity index (χ3n) is 4.15. The number of nitrogens with zero attached hydrogens (tertiary/aromatic N) is 1. The van der Waals surface area contributed by atoms with E-state index in [2.05, 4.69) is 0 Å². The molecule has 2 N–H and O–H groups in total. The van der Waals surface area contributed by atoms with Crippen molar-refractivity contribution in [2.45, 2.75) is 37.5 Å². The maximum Gasteiger partial charge on any atom is 0.243 e. The van der Waals surface area contributed by atoms with E-state index in [9.17, 15) is 8.42 Å². The van der Waals surface area contributed by atoms with E-state index in [1.54, 1.807) is 32.2 Å². The number of benzene rings is 1. The first-order chi connectivity index (χ1) is 9.82. The van der Waals surface area contributed by atoms with Crippen LogP contribution in [0.5, 0.6) is 0 Å². The molecule has 0 spiro atoms. The van der Waals surface area contributed by atoms with Gasteiger partial charge < -0.3 is 5.73 Å². The van der Waals surface area contributed by atoms with Gasteiger partial charge in [0.2, 0.25) is 10.0 Å². The van der Waals surface area contributed by atoms with Gasteiger partial charge in [0.25, 0.3) is 0 Å². The molecule has 2 rings (SSSR count). The van der Waals surface area contributed by atoms with E-state index in [0.717, 1.165) is 12.8 Å². The zero-order valence-electron chi connectivity index (χ0n) is 12.5. The first kappa shape index (κ1) is 16.4. The van der Waals surface area contributed by atoms with Crippen molar-refractivity contribution in [3.63, 3.8) is 0 Å². The Morgan fingerprint density at radius 2 is 2.00 bits per heavy atom. The molecule has 4 nitrogen and oxygen atoms in total. The lowest BCUT2D eigenvalue weighted by Crippen LogP contribution is -2.32. The average Bonchev–Trinajstić information content (AvgIpc) is 2.91. The molecule has 0 atom stereocenters. The monoisotopic (exact) mass is 326 g/mol. The molecule has 1 aliphatic rings.